The first-order valence-electron chi connectivity index (χ1n) is 8.90. The molecule has 2 heterocycles. The molecule has 0 bridgehead atoms. The van der Waals surface area contributed by atoms with Gasteiger partial charge in [-0.2, -0.15) is 4.31 Å². The second kappa shape index (κ2) is 6.74. The molecule has 1 saturated carbocycles. The van der Waals surface area contributed by atoms with Gasteiger partial charge in [-0.25, -0.2) is 12.8 Å². The Morgan fingerprint density at radius 3 is 2.69 bits per heavy atom. The van der Waals surface area contributed by atoms with Gasteiger partial charge in [-0.3, -0.25) is 9.69 Å². The third-order valence-corrected chi connectivity index (χ3v) is 7.54. The van der Waals surface area contributed by atoms with Crippen LogP contribution in [-0.4, -0.2) is 61.8 Å². The molecule has 4 rings (SSSR count). The van der Waals surface area contributed by atoms with Gasteiger partial charge in [0.2, 0.25) is 10.0 Å². The molecular weight excluding hydrogens is 381 g/mol. The lowest BCUT2D eigenvalue weighted by atomic mass is 10.2. The fourth-order valence-electron chi connectivity index (χ4n) is 3.71. The zero-order valence-electron chi connectivity index (χ0n) is 14.2. The summed E-state index contributed by atoms with van der Waals surface area (Å²) in [4.78, 5) is 14.1. The number of hydrogen-bond donors (Lipinski definition) is 1. The van der Waals surface area contributed by atoms with E-state index in [1.807, 2.05) is 0 Å². The number of hydrogen-bond acceptors (Lipinski definition) is 4. The molecule has 0 unspecified atom stereocenters. The van der Waals surface area contributed by atoms with E-state index in [1.165, 1.54) is 4.31 Å². The molecule has 2 saturated heterocycles. The smallest absolute Gasteiger partial charge is 0.253 e. The van der Waals surface area contributed by atoms with Crippen LogP contribution in [0.1, 0.15) is 36.0 Å². The average molecular weight is 402 g/mol. The van der Waals surface area contributed by atoms with E-state index >= 15 is 0 Å². The monoisotopic (exact) mass is 401 g/mol. The Hall–Kier alpha value is -1.22. The third-order valence-electron chi connectivity index (χ3n) is 5.35. The maximum Gasteiger partial charge on any atom is 0.253 e. The van der Waals surface area contributed by atoms with Gasteiger partial charge in [0.1, 0.15) is 10.7 Å². The van der Waals surface area contributed by atoms with E-state index in [0.717, 1.165) is 44.4 Å². The molecule has 6 nitrogen and oxygen atoms in total. The Morgan fingerprint density at radius 1 is 1.19 bits per heavy atom. The number of nitrogens with zero attached hydrogens (tertiary/aromatic N) is 2. The number of carbonyl (C=O) groups excluding carboxylic acids is 1. The van der Waals surface area contributed by atoms with Crippen LogP contribution >= 0.6 is 11.6 Å². The Balaban J connectivity index is 1.63. The number of halogens is 2. The van der Waals surface area contributed by atoms with Gasteiger partial charge in [-0.1, -0.05) is 11.6 Å². The van der Waals surface area contributed by atoms with Crippen molar-refractivity contribution in [1.29, 1.82) is 0 Å². The molecule has 142 valence electrons. The normalized spacial score (nSPS) is 24.5. The highest BCUT2D eigenvalue weighted by atomic mass is 35.5. The Bertz CT molecular complexity index is 844. The largest absolute Gasteiger partial charge is 0.349 e. The number of benzene rings is 1. The lowest BCUT2D eigenvalue weighted by Gasteiger charge is -2.36. The number of piperazine rings is 1. The molecule has 1 aromatic carbocycles. The molecular formula is C17H21ClFN3O3S. The molecule has 0 spiro atoms. The summed E-state index contributed by atoms with van der Waals surface area (Å²) in [5.74, 6) is -1.39. The number of amides is 1. The van der Waals surface area contributed by atoms with E-state index in [1.54, 1.807) is 0 Å². The minimum Gasteiger partial charge on any atom is -0.349 e. The molecule has 1 amide bonds. The fraction of sp³-hybridized carbons (Fsp3) is 0.588. The summed E-state index contributed by atoms with van der Waals surface area (Å²) in [6.45, 7) is 2.31. The summed E-state index contributed by atoms with van der Waals surface area (Å²) in [5.41, 5.74) is -0.00181. The van der Waals surface area contributed by atoms with Crippen LogP contribution < -0.4 is 5.32 Å². The first kappa shape index (κ1) is 18.2. The van der Waals surface area contributed by atoms with E-state index < -0.39 is 26.6 Å². The average Bonchev–Trinajstić information content (AvgIpc) is 3.27. The lowest BCUT2D eigenvalue weighted by molar-refractivity contribution is 0.0951. The van der Waals surface area contributed by atoms with Gasteiger partial charge < -0.3 is 5.32 Å². The van der Waals surface area contributed by atoms with Gasteiger partial charge in [0.05, 0.1) is 10.6 Å². The van der Waals surface area contributed by atoms with Crippen molar-refractivity contribution in [2.24, 2.45) is 0 Å². The molecule has 1 aromatic rings. The SMILES string of the molecule is O=C(NC1CC1)c1cc(S(=O)(=O)N2CCN3CCC[C@H]3C2)c(F)cc1Cl. The van der Waals surface area contributed by atoms with Crippen molar-refractivity contribution in [3.05, 3.63) is 28.5 Å². The van der Waals surface area contributed by atoms with Crippen LogP contribution in [0.3, 0.4) is 0 Å². The van der Waals surface area contributed by atoms with E-state index in [0.29, 0.717) is 19.6 Å². The number of rotatable bonds is 4. The molecule has 0 radical (unpaired) electrons. The maximum absolute atomic E-state index is 14.5. The highest BCUT2D eigenvalue weighted by molar-refractivity contribution is 7.89. The van der Waals surface area contributed by atoms with Crippen molar-refractivity contribution >= 4 is 27.5 Å². The van der Waals surface area contributed by atoms with Crippen LogP contribution in [0.15, 0.2) is 17.0 Å². The van der Waals surface area contributed by atoms with Crippen molar-refractivity contribution in [1.82, 2.24) is 14.5 Å². The maximum atomic E-state index is 14.5. The Labute approximate surface area is 157 Å². The molecule has 3 fully saturated rings. The number of carbonyl (C=O) groups is 1. The lowest BCUT2D eigenvalue weighted by Crippen LogP contribution is -2.52. The second-order valence-corrected chi connectivity index (χ2v) is 9.52. The third kappa shape index (κ3) is 3.35. The quantitative estimate of drug-likeness (QED) is 0.835. The Morgan fingerprint density at radius 2 is 1.96 bits per heavy atom. The summed E-state index contributed by atoms with van der Waals surface area (Å²) >= 11 is 5.99. The van der Waals surface area contributed by atoms with Gasteiger partial charge >= 0.3 is 0 Å². The highest BCUT2D eigenvalue weighted by Gasteiger charge is 2.38. The van der Waals surface area contributed by atoms with Crippen LogP contribution in [0.25, 0.3) is 0 Å². The van der Waals surface area contributed by atoms with E-state index in [2.05, 4.69) is 10.2 Å². The summed E-state index contributed by atoms with van der Waals surface area (Å²) < 4.78 is 41.8. The molecule has 26 heavy (non-hydrogen) atoms. The van der Waals surface area contributed by atoms with Crippen molar-refractivity contribution < 1.29 is 17.6 Å². The molecule has 9 heteroatoms. The minimum atomic E-state index is -4.02. The summed E-state index contributed by atoms with van der Waals surface area (Å²) in [5, 5.41) is 2.67. The van der Waals surface area contributed by atoms with Crippen LogP contribution in [0.4, 0.5) is 4.39 Å². The molecule has 3 aliphatic rings. The van der Waals surface area contributed by atoms with Crippen LogP contribution in [0, 0.1) is 5.82 Å². The summed E-state index contributed by atoms with van der Waals surface area (Å²) in [6.07, 6.45) is 3.78. The molecule has 1 atom stereocenters. The molecule has 1 N–H and O–H groups in total. The standard InChI is InChI=1S/C17H21ClFN3O3S/c18-14-9-15(19)16(8-13(14)17(23)20-11-3-4-11)26(24,25)22-7-6-21-5-1-2-12(21)10-22/h8-9,11-12H,1-7,10H2,(H,20,23)/t12-/m0/s1. The zero-order chi connectivity index (χ0) is 18.5. The van der Waals surface area contributed by atoms with Crippen LogP contribution in [0.2, 0.25) is 5.02 Å². The predicted octanol–water partition coefficient (Wildman–Crippen LogP) is 1.84. The van der Waals surface area contributed by atoms with Gasteiger partial charge in [0, 0.05) is 31.7 Å². The Kier molecular flexibility index (Phi) is 4.71. The number of fused-ring (bicyclic) bond motifs is 1. The molecule has 0 aromatic heterocycles. The first-order valence-corrected chi connectivity index (χ1v) is 10.7. The number of nitrogens with one attached hydrogen (secondary N) is 1. The van der Waals surface area contributed by atoms with Crippen LogP contribution in [0.5, 0.6) is 0 Å². The molecule has 2 aliphatic heterocycles. The van der Waals surface area contributed by atoms with Crippen molar-refractivity contribution in [2.75, 3.05) is 26.2 Å². The van der Waals surface area contributed by atoms with Gasteiger partial charge in [-0.05, 0) is 44.4 Å². The van der Waals surface area contributed by atoms with Crippen LogP contribution in [-0.2, 0) is 10.0 Å². The number of sulfonamides is 1. The van der Waals surface area contributed by atoms with E-state index in [-0.39, 0.29) is 22.7 Å². The van der Waals surface area contributed by atoms with Gasteiger partial charge in [0.25, 0.3) is 5.91 Å². The predicted molar refractivity (Wildman–Crippen MR) is 95.3 cm³/mol. The second-order valence-electron chi connectivity index (χ2n) is 7.21. The summed E-state index contributed by atoms with van der Waals surface area (Å²) in [7, 11) is -4.02. The van der Waals surface area contributed by atoms with Gasteiger partial charge in [0.15, 0.2) is 0 Å². The molecule has 1 aliphatic carbocycles. The summed E-state index contributed by atoms with van der Waals surface area (Å²) in [6, 6.07) is 2.28. The zero-order valence-corrected chi connectivity index (χ0v) is 15.8. The van der Waals surface area contributed by atoms with Crippen molar-refractivity contribution in [3.63, 3.8) is 0 Å². The van der Waals surface area contributed by atoms with Crippen molar-refractivity contribution in [3.8, 4) is 0 Å². The fourth-order valence-corrected chi connectivity index (χ4v) is 5.49. The van der Waals surface area contributed by atoms with Crippen molar-refractivity contribution in [2.45, 2.75) is 42.7 Å². The highest BCUT2D eigenvalue weighted by Crippen LogP contribution is 2.30. The topological polar surface area (TPSA) is 69.7 Å². The van der Waals surface area contributed by atoms with E-state index in [9.17, 15) is 17.6 Å². The minimum absolute atomic E-state index is 0.00181. The van der Waals surface area contributed by atoms with E-state index in [4.69, 9.17) is 11.6 Å². The van der Waals surface area contributed by atoms with Gasteiger partial charge in [-0.15, -0.1) is 0 Å². The first-order chi connectivity index (χ1) is 12.4.